The number of methoxy groups -OCH3 is 1. The second kappa shape index (κ2) is 17.3. The number of nitrogen functional groups attached to an aromatic ring is 1. The number of hydrogen-bond donors (Lipinski definition) is 1. The van der Waals surface area contributed by atoms with Crippen LogP contribution in [0.25, 0.3) is 10.9 Å². The highest BCUT2D eigenvalue weighted by molar-refractivity contribution is 7.14. The van der Waals surface area contributed by atoms with Gasteiger partial charge in [0, 0.05) is 35.5 Å². The van der Waals surface area contributed by atoms with Crippen molar-refractivity contribution in [2.45, 2.75) is 79.8 Å². The van der Waals surface area contributed by atoms with E-state index in [1.54, 1.807) is 9.80 Å². The van der Waals surface area contributed by atoms with Crippen LogP contribution < -0.4 is 10.5 Å². The molecule has 10 nitrogen and oxygen atoms in total. The van der Waals surface area contributed by atoms with Crippen molar-refractivity contribution < 1.29 is 23.9 Å². The zero-order chi connectivity index (χ0) is 31.2. The number of rotatable bonds is 9. The van der Waals surface area contributed by atoms with Gasteiger partial charge in [-0.2, -0.15) is 0 Å². The Labute approximate surface area is 253 Å². The Hall–Kier alpha value is -3.73. The van der Waals surface area contributed by atoms with Crippen LogP contribution in [0.4, 0.5) is 5.82 Å². The van der Waals surface area contributed by atoms with E-state index in [-0.39, 0.29) is 30.8 Å². The smallest absolute Gasteiger partial charge is 0.310 e. The van der Waals surface area contributed by atoms with E-state index >= 15 is 0 Å². The van der Waals surface area contributed by atoms with E-state index in [0.29, 0.717) is 42.5 Å². The van der Waals surface area contributed by atoms with E-state index in [1.807, 2.05) is 52.0 Å². The highest BCUT2D eigenvalue weighted by Crippen LogP contribution is 2.31. The first-order chi connectivity index (χ1) is 20.2. The number of hydrogen-bond acceptors (Lipinski definition) is 9. The maximum absolute atomic E-state index is 13.3. The van der Waals surface area contributed by atoms with Gasteiger partial charge >= 0.3 is 5.97 Å². The summed E-state index contributed by atoms with van der Waals surface area (Å²) in [6.07, 6.45) is 4.63. The molecule has 2 N–H and O–H groups in total. The Morgan fingerprint density at radius 3 is 2.45 bits per heavy atom. The SMILES string of the molecule is CC.CCCC.CC[C@H]1C(=O)N(Cc2ccc3c(N)ncnc3c2)CCN1C(=O)COc1sc(C)cc1CC(=O)OC. The molecule has 0 spiro atoms. The van der Waals surface area contributed by atoms with Crippen molar-refractivity contribution in [1.82, 2.24) is 19.8 Å². The first-order valence-corrected chi connectivity index (χ1v) is 15.4. The minimum absolute atomic E-state index is 0.0759. The lowest BCUT2D eigenvalue weighted by Gasteiger charge is -2.40. The number of amides is 2. The first-order valence-electron chi connectivity index (χ1n) is 14.6. The van der Waals surface area contributed by atoms with Gasteiger partial charge in [0.05, 0.1) is 19.0 Å². The number of carbonyl (C=O) groups excluding carboxylic acids is 3. The number of fused-ring (bicyclic) bond motifs is 1. The van der Waals surface area contributed by atoms with Crippen molar-refractivity contribution >= 4 is 45.8 Å². The molecular formula is C31H45N5O5S. The maximum Gasteiger partial charge on any atom is 0.310 e. The summed E-state index contributed by atoms with van der Waals surface area (Å²) in [6, 6.07) is 6.97. The van der Waals surface area contributed by atoms with Gasteiger partial charge in [-0.15, -0.1) is 11.3 Å². The monoisotopic (exact) mass is 599 g/mol. The van der Waals surface area contributed by atoms with Gasteiger partial charge in [-0.25, -0.2) is 9.97 Å². The van der Waals surface area contributed by atoms with Gasteiger partial charge in [-0.3, -0.25) is 14.4 Å². The van der Waals surface area contributed by atoms with Crippen molar-refractivity contribution in [3.05, 3.63) is 46.6 Å². The summed E-state index contributed by atoms with van der Waals surface area (Å²) in [5.41, 5.74) is 8.25. The fraction of sp³-hybridized carbons (Fsp3) is 0.516. The third-order valence-electron chi connectivity index (χ3n) is 6.68. The van der Waals surface area contributed by atoms with Gasteiger partial charge in [0.2, 0.25) is 5.91 Å². The van der Waals surface area contributed by atoms with Crippen LogP contribution >= 0.6 is 11.3 Å². The second-order valence-corrected chi connectivity index (χ2v) is 10.8. The second-order valence-electron chi connectivity index (χ2n) is 9.59. The van der Waals surface area contributed by atoms with Gasteiger partial charge in [-0.05, 0) is 37.1 Å². The summed E-state index contributed by atoms with van der Waals surface area (Å²) in [6.45, 7) is 13.2. The third-order valence-corrected chi connectivity index (χ3v) is 7.68. The predicted molar refractivity (Wildman–Crippen MR) is 167 cm³/mol. The zero-order valence-corrected chi connectivity index (χ0v) is 26.8. The molecule has 1 aliphatic rings. The largest absolute Gasteiger partial charge is 0.474 e. The van der Waals surface area contributed by atoms with Crippen molar-refractivity contribution in [3.63, 3.8) is 0 Å². The molecule has 0 saturated carbocycles. The normalized spacial score (nSPS) is 14.5. The topological polar surface area (TPSA) is 128 Å². The van der Waals surface area contributed by atoms with Crippen LogP contribution in [0.3, 0.4) is 0 Å². The maximum atomic E-state index is 13.3. The molecule has 1 saturated heterocycles. The number of esters is 1. The summed E-state index contributed by atoms with van der Waals surface area (Å²) < 4.78 is 10.5. The lowest BCUT2D eigenvalue weighted by atomic mass is 10.1. The number of benzene rings is 1. The molecule has 2 amide bonds. The molecule has 2 aromatic heterocycles. The average Bonchev–Trinajstić information content (AvgIpc) is 3.36. The molecule has 1 aromatic carbocycles. The number of nitrogens with zero attached hydrogens (tertiary/aromatic N) is 4. The van der Waals surface area contributed by atoms with Crippen LogP contribution in [0.2, 0.25) is 0 Å². The van der Waals surface area contributed by atoms with Crippen molar-refractivity contribution in [2.75, 3.05) is 32.5 Å². The van der Waals surface area contributed by atoms with Crippen LogP contribution in [0.5, 0.6) is 5.06 Å². The highest BCUT2D eigenvalue weighted by Gasteiger charge is 2.36. The van der Waals surface area contributed by atoms with Gasteiger partial charge in [0.15, 0.2) is 11.7 Å². The summed E-state index contributed by atoms with van der Waals surface area (Å²) in [5, 5.41) is 1.29. The number of anilines is 1. The Bertz CT molecular complexity index is 1330. The number of thiophene rings is 1. The zero-order valence-electron chi connectivity index (χ0n) is 25.9. The van der Waals surface area contributed by atoms with Crippen molar-refractivity contribution in [2.24, 2.45) is 0 Å². The van der Waals surface area contributed by atoms with Crippen molar-refractivity contribution in [3.8, 4) is 5.06 Å². The number of aryl methyl sites for hydroxylation is 1. The third kappa shape index (κ3) is 9.14. The Morgan fingerprint density at radius 1 is 1.10 bits per heavy atom. The summed E-state index contributed by atoms with van der Waals surface area (Å²) in [5.74, 6) is -0.322. The molecule has 0 bridgehead atoms. The molecule has 42 heavy (non-hydrogen) atoms. The van der Waals surface area contributed by atoms with E-state index in [0.717, 1.165) is 21.3 Å². The number of ether oxygens (including phenoxy) is 2. The van der Waals surface area contributed by atoms with Crippen LogP contribution in [-0.2, 0) is 32.1 Å². The molecule has 4 rings (SSSR count). The number of aromatic nitrogens is 2. The summed E-state index contributed by atoms with van der Waals surface area (Å²) in [7, 11) is 1.33. The fourth-order valence-electron chi connectivity index (χ4n) is 4.36. The molecular weight excluding hydrogens is 554 g/mol. The van der Waals surface area contributed by atoms with Gasteiger partial charge in [0.25, 0.3) is 5.91 Å². The van der Waals surface area contributed by atoms with Crippen LogP contribution in [0.15, 0.2) is 30.6 Å². The molecule has 11 heteroatoms. The van der Waals surface area contributed by atoms with Crippen LogP contribution in [0.1, 0.15) is 69.9 Å². The lowest BCUT2D eigenvalue weighted by Crippen LogP contribution is -2.59. The molecule has 1 aliphatic heterocycles. The van der Waals surface area contributed by atoms with Crippen LogP contribution in [0, 0.1) is 6.92 Å². The van der Waals surface area contributed by atoms with Gasteiger partial charge in [-0.1, -0.05) is 53.5 Å². The Balaban J connectivity index is 0.000000947. The summed E-state index contributed by atoms with van der Waals surface area (Å²) in [4.78, 5) is 50.6. The molecule has 0 unspecified atom stereocenters. The standard InChI is InChI=1S/C25H29N5O5S.C4H10.C2H6/c1-4-20-24(33)29(12-16-5-6-18-19(10-16)27-14-28-23(18)26)7-8-30(20)21(31)13-35-25-17(9-15(2)36-25)11-22(32)34-3;1-3-4-2;1-2/h5-6,9-10,14,20H,4,7-8,11-13H2,1-3H3,(H2,26,27,28);3-4H2,1-2H3;1-2H3/t20-;;/m0../s1. The van der Waals surface area contributed by atoms with Gasteiger partial charge < -0.3 is 25.0 Å². The van der Waals surface area contributed by atoms with E-state index in [4.69, 9.17) is 15.2 Å². The van der Waals surface area contributed by atoms with Crippen LogP contribution in [-0.4, -0.2) is 70.4 Å². The van der Waals surface area contributed by atoms with Gasteiger partial charge in [0.1, 0.15) is 18.2 Å². The molecule has 1 atom stereocenters. The average molecular weight is 600 g/mol. The van der Waals surface area contributed by atoms with Crippen molar-refractivity contribution in [1.29, 1.82) is 0 Å². The molecule has 0 aliphatic carbocycles. The molecule has 0 radical (unpaired) electrons. The van der Waals surface area contributed by atoms with E-state index in [9.17, 15) is 14.4 Å². The van der Waals surface area contributed by atoms with E-state index in [1.165, 1.54) is 37.6 Å². The predicted octanol–water partition coefficient (Wildman–Crippen LogP) is 5.16. The number of carbonyl (C=O) groups is 3. The highest BCUT2D eigenvalue weighted by atomic mass is 32.1. The molecule has 230 valence electrons. The number of piperazine rings is 1. The van der Waals surface area contributed by atoms with E-state index < -0.39 is 6.04 Å². The molecule has 1 fully saturated rings. The Morgan fingerprint density at radius 2 is 1.81 bits per heavy atom. The summed E-state index contributed by atoms with van der Waals surface area (Å²) >= 11 is 1.37. The minimum Gasteiger partial charge on any atom is -0.474 e. The first kappa shape index (κ1) is 34.5. The quantitative estimate of drug-likeness (QED) is 0.334. The molecule has 3 heterocycles. The number of unbranched alkanes of at least 4 members (excludes halogenated alkanes) is 1. The number of nitrogens with two attached hydrogens (primary N) is 1. The molecule has 3 aromatic rings. The lowest BCUT2D eigenvalue weighted by molar-refractivity contribution is -0.153. The minimum atomic E-state index is -0.562. The Kier molecular flexibility index (Phi) is 14.2. The van der Waals surface area contributed by atoms with E-state index in [2.05, 4.69) is 23.8 Å². The fourth-order valence-corrected chi connectivity index (χ4v) is 5.23.